The van der Waals surface area contributed by atoms with Crippen molar-refractivity contribution in [3.8, 4) is 0 Å². The molecule has 2 heterocycles. The third-order valence-corrected chi connectivity index (χ3v) is 5.81. The average Bonchev–Trinajstić information content (AvgIpc) is 2.62. The van der Waals surface area contributed by atoms with Crippen molar-refractivity contribution >= 4 is 17.1 Å². The van der Waals surface area contributed by atoms with Crippen molar-refractivity contribution in [3.63, 3.8) is 0 Å². The lowest BCUT2D eigenvalue weighted by Crippen LogP contribution is -2.43. The van der Waals surface area contributed by atoms with Crippen LogP contribution >= 0.6 is 0 Å². The number of fused-ring (bicyclic) bond motifs is 2. The quantitative estimate of drug-likeness (QED) is 0.840. The van der Waals surface area contributed by atoms with Gasteiger partial charge in [-0.3, -0.25) is 0 Å². The first-order valence-electron chi connectivity index (χ1n) is 9.48. The Hall–Kier alpha value is -2.00. The molecule has 25 heavy (non-hydrogen) atoms. The number of nitrogens with zero attached hydrogens (tertiary/aromatic N) is 1. The Balaban J connectivity index is 1.74. The van der Waals surface area contributed by atoms with E-state index in [9.17, 15) is 0 Å². The third-order valence-electron chi connectivity index (χ3n) is 5.81. The fourth-order valence-electron chi connectivity index (χ4n) is 4.14. The molecule has 0 aromatic heterocycles. The van der Waals surface area contributed by atoms with Gasteiger partial charge in [-0.15, -0.1) is 0 Å². The molecule has 1 saturated heterocycles. The summed E-state index contributed by atoms with van der Waals surface area (Å²) in [4.78, 5) is 2.48. The standard InChI is InChI=1S/C22H29N3/c1-15(2)16-5-8-20-19(13-16)22(3,4)18-7-6-17(14-21(18)24-20)25-11-9-23-10-12-25/h5-8,13-15,23-24H,9-12H2,1-4H3. The van der Waals surface area contributed by atoms with Crippen LogP contribution in [0.5, 0.6) is 0 Å². The van der Waals surface area contributed by atoms with E-state index in [1.807, 2.05) is 0 Å². The van der Waals surface area contributed by atoms with E-state index in [-0.39, 0.29) is 5.41 Å². The normalized spacial score (nSPS) is 18.5. The second kappa shape index (κ2) is 6.06. The Morgan fingerprint density at radius 3 is 2.40 bits per heavy atom. The minimum atomic E-state index is 0.0167. The lowest BCUT2D eigenvalue weighted by atomic mass is 9.73. The molecule has 0 radical (unpaired) electrons. The molecule has 2 N–H and O–H groups in total. The van der Waals surface area contributed by atoms with E-state index >= 15 is 0 Å². The number of piperazine rings is 1. The molecule has 2 aliphatic heterocycles. The number of hydrogen-bond acceptors (Lipinski definition) is 3. The zero-order valence-corrected chi connectivity index (χ0v) is 15.8. The Labute approximate surface area is 151 Å². The maximum absolute atomic E-state index is 3.70. The summed E-state index contributed by atoms with van der Waals surface area (Å²) in [5, 5.41) is 7.13. The summed E-state index contributed by atoms with van der Waals surface area (Å²) in [5.74, 6) is 0.553. The number of hydrogen-bond donors (Lipinski definition) is 2. The Morgan fingerprint density at radius 1 is 0.920 bits per heavy atom. The Bertz CT molecular complexity index is 786. The molecule has 2 aromatic rings. The van der Waals surface area contributed by atoms with Gasteiger partial charge in [-0.2, -0.15) is 0 Å². The molecule has 0 aliphatic carbocycles. The largest absolute Gasteiger partial charge is 0.369 e. The lowest BCUT2D eigenvalue weighted by Gasteiger charge is -2.37. The van der Waals surface area contributed by atoms with Gasteiger partial charge in [-0.05, 0) is 40.8 Å². The maximum Gasteiger partial charge on any atom is 0.0446 e. The number of anilines is 3. The van der Waals surface area contributed by atoms with Crippen LogP contribution in [0.4, 0.5) is 17.1 Å². The van der Waals surface area contributed by atoms with Gasteiger partial charge >= 0.3 is 0 Å². The van der Waals surface area contributed by atoms with Crippen LogP contribution in [0.25, 0.3) is 0 Å². The highest BCUT2D eigenvalue weighted by Crippen LogP contribution is 2.47. The molecule has 4 rings (SSSR count). The molecule has 2 aliphatic rings. The van der Waals surface area contributed by atoms with Crippen molar-refractivity contribution in [2.45, 2.75) is 39.0 Å². The van der Waals surface area contributed by atoms with Crippen LogP contribution in [0.15, 0.2) is 36.4 Å². The van der Waals surface area contributed by atoms with E-state index in [0.29, 0.717) is 5.92 Å². The van der Waals surface area contributed by atoms with Crippen LogP contribution in [-0.2, 0) is 5.41 Å². The van der Waals surface area contributed by atoms with Gasteiger partial charge in [0, 0.05) is 48.7 Å². The fraction of sp³-hybridized carbons (Fsp3) is 0.455. The van der Waals surface area contributed by atoms with Crippen LogP contribution in [0.2, 0.25) is 0 Å². The molecular formula is C22H29N3. The van der Waals surface area contributed by atoms with Crippen LogP contribution in [0, 0.1) is 0 Å². The number of benzene rings is 2. The summed E-state index contributed by atoms with van der Waals surface area (Å²) in [6, 6.07) is 13.9. The molecule has 0 unspecified atom stereocenters. The highest BCUT2D eigenvalue weighted by atomic mass is 15.2. The molecule has 0 bridgehead atoms. The van der Waals surface area contributed by atoms with Gasteiger partial charge in [0.25, 0.3) is 0 Å². The summed E-state index contributed by atoms with van der Waals surface area (Å²) in [6.07, 6.45) is 0. The molecule has 0 saturated carbocycles. The molecule has 0 amide bonds. The topological polar surface area (TPSA) is 27.3 Å². The second-order valence-corrected chi connectivity index (χ2v) is 8.18. The molecule has 3 nitrogen and oxygen atoms in total. The first kappa shape index (κ1) is 16.5. The van der Waals surface area contributed by atoms with Crippen LogP contribution in [0.3, 0.4) is 0 Å². The van der Waals surface area contributed by atoms with Crippen LogP contribution < -0.4 is 15.5 Å². The van der Waals surface area contributed by atoms with Gasteiger partial charge in [0.2, 0.25) is 0 Å². The van der Waals surface area contributed by atoms with Crippen molar-refractivity contribution < 1.29 is 0 Å². The van der Waals surface area contributed by atoms with Crippen LogP contribution in [0.1, 0.15) is 50.3 Å². The zero-order valence-electron chi connectivity index (χ0n) is 15.8. The van der Waals surface area contributed by atoms with Crippen molar-refractivity contribution in [2.75, 3.05) is 36.4 Å². The predicted octanol–water partition coefficient (Wildman–Crippen LogP) is 4.60. The third kappa shape index (κ3) is 2.81. The van der Waals surface area contributed by atoms with Gasteiger partial charge in [0.15, 0.2) is 0 Å². The predicted molar refractivity (Wildman–Crippen MR) is 107 cm³/mol. The zero-order chi connectivity index (χ0) is 17.6. The lowest BCUT2D eigenvalue weighted by molar-refractivity contribution is 0.588. The van der Waals surface area contributed by atoms with Crippen molar-refractivity contribution in [2.24, 2.45) is 0 Å². The van der Waals surface area contributed by atoms with Gasteiger partial charge < -0.3 is 15.5 Å². The van der Waals surface area contributed by atoms with Crippen LogP contribution in [-0.4, -0.2) is 26.2 Å². The monoisotopic (exact) mass is 335 g/mol. The minimum Gasteiger partial charge on any atom is -0.369 e. The minimum absolute atomic E-state index is 0.0167. The van der Waals surface area contributed by atoms with E-state index in [0.717, 1.165) is 26.2 Å². The first-order chi connectivity index (χ1) is 12.0. The van der Waals surface area contributed by atoms with Gasteiger partial charge in [-0.25, -0.2) is 0 Å². The summed E-state index contributed by atoms with van der Waals surface area (Å²) < 4.78 is 0. The van der Waals surface area contributed by atoms with Gasteiger partial charge in [-0.1, -0.05) is 45.9 Å². The summed E-state index contributed by atoms with van der Waals surface area (Å²) >= 11 is 0. The molecule has 1 fully saturated rings. The molecule has 3 heteroatoms. The smallest absolute Gasteiger partial charge is 0.0446 e. The summed E-state index contributed by atoms with van der Waals surface area (Å²) in [7, 11) is 0. The SMILES string of the molecule is CC(C)c1ccc2c(c1)C(C)(C)c1ccc(N3CCNCC3)cc1N2. The molecule has 0 atom stereocenters. The molecule has 2 aromatic carbocycles. The van der Waals surface area contributed by atoms with Crippen molar-refractivity contribution in [1.82, 2.24) is 5.32 Å². The Kier molecular flexibility index (Phi) is 3.99. The Morgan fingerprint density at radius 2 is 1.68 bits per heavy atom. The van der Waals surface area contributed by atoms with E-state index in [1.54, 1.807) is 0 Å². The highest BCUT2D eigenvalue weighted by molar-refractivity contribution is 5.78. The first-order valence-corrected chi connectivity index (χ1v) is 9.48. The average molecular weight is 335 g/mol. The van der Waals surface area contributed by atoms with Gasteiger partial charge in [0.1, 0.15) is 0 Å². The number of nitrogens with one attached hydrogen (secondary N) is 2. The molecule has 0 spiro atoms. The van der Waals surface area contributed by atoms with Crippen molar-refractivity contribution in [1.29, 1.82) is 0 Å². The highest BCUT2D eigenvalue weighted by Gasteiger charge is 2.33. The molecular weight excluding hydrogens is 306 g/mol. The fourth-order valence-corrected chi connectivity index (χ4v) is 4.14. The molecule has 132 valence electrons. The van der Waals surface area contributed by atoms with E-state index in [4.69, 9.17) is 0 Å². The maximum atomic E-state index is 3.70. The summed E-state index contributed by atoms with van der Waals surface area (Å²) in [6.45, 7) is 13.5. The van der Waals surface area contributed by atoms with Gasteiger partial charge in [0.05, 0.1) is 0 Å². The van der Waals surface area contributed by atoms with E-state index < -0.39 is 0 Å². The number of rotatable bonds is 2. The van der Waals surface area contributed by atoms with Crippen molar-refractivity contribution in [3.05, 3.63) is 53.1 Å². The second-order valence-electron chi connectivity index (χ2n) is 8.18. The van der Waals surface area contributed by atoms with E-state index in [2.05, 4.69) is 79.6 Å². The summed E-state index contributed by atoms with van der Waals surface area (Å²) in [5.41, 5.74) is 8.05. The van der Waals surface area contributed by atoms with E-state index in [1.165, 1.54) is 33.8 Å².